The molecule has 1 amide bonds. The summed E-state index contributed by atoms with van der Waals surface area (Å²) in [5.41, 5.74) is 8.64. The lowest BCUT2D eigenvalue weighted by Gasteiger charge is -2.24. The fourth-order valence-corrected chi connectivity index (χ4v) is 4.07. The third-order valence-electron chi connectivity index (χ3n) is 6.19. The minimum absolute atomic E-state index is 0.0270. The minimum atomic E-state index is -0.257. The Morgan fingerprint density at radius 3 is 2.59 bits per heavy atom. The molecular weight excluding hydrogens is 498 g/mol. The number of amides is 1. The van der Waals surface area contributed by atoms with Crippen LogP contribution in [-0.4, -0.2) is 53.4 Å². The Bertz CT molecular complexity index is 1290. The number of carbonyl (C=O) groups is 1. The maximum atomic E-state index is 12.4. The van der Waals surface area contributed by atoms with Gasteiger partial charge in [0.1, 0.15) is 36.3 Å². The van der Waals surface area contributed by atoms with Gasteiger partial charge in [-0.2, -0.15) is 0 Å². The lowest BCUT2D eigenvalue weighted by atomic mass is 10.1. The van der Waals surface area contributed by atoms with Crippen LogP contribution in [-0.2, 0) is 9.53 Å². The van der Waals surface area contributed by atoms with E-state index in [0.717, 1.165) is 23.9 Å². The zero-order valence-electron chi connectivity index (χ0n) is 22.6. The van der Waals surface area contributed by atoms with Crippen LogP contribution in [0.15, 0.2) is 54.6 Å². The number of hydrogen-bond acceptors (Lipinski definition) is 10. The SMILES string of the molecule is CCOc1cc(OC2CCOCC2)cc2ncnc(Nc3ccc(NC(=O)CN(N)/C=C(\N)C(C)C)cc3)c12. The molecule has 11 heteroatoms. The molecule has 0 atom stereocenters. The summed E-state index contributed by atoms with van der Waals surface area (Å²) in [5.74, 6) is 7.72. The van der Waals surface area contributed by atoms with E-state index in [0.29, 0.717) is 54.0 Å². The number of hydrazine groups is 1. The van der Waals surface area contributed by atoms with Crippen LogP contribution >= 0.6 is 0 Å². The van der Waals surface area contributed by atoms with E-state index in [1.165, 1.54) is 11.3 Å². The van der Waals surface area contributed by atoms with Crippen molar-refractivity contribution in [2.24, 2.45) is 17.5 Å². The second kappa shape index (κ2) is 13.1. The monoisotopic (exact) mass is 535 g/mol. The van der Waals surface area contributed by atoms with Crippen molar-refractivity contribution in [3.63, 3.8) is 0 Å². The van der Waals surface area contributed by atoms with E-state index in [9.17, 15) is 4.79 Å². The molecule has 1 aliphatic rings. The number of fused-ring (bicyclic) bond motifs is 1. The predicted molar refractivity (Wildman–Crippen MR) is 152 cm³/mol. The van der Waals surface area contributed by atoms with Crippen molar-refractivity contribution < 1.29 is 19.0 Å². The molecule has 1 aromatic heterocycles. The lowest BCUT2D eigenvalue weighted by Crippen LogP contribution is -2.35. The van der Waals surface area contributed by atoms with Crippen LogP contribution in [0.5, 0.6) is 11.5 Å². The van der Waals surface area contributed by atoms with Gasteiger partial charge in [-0.15, -0.1) is 0 Å². The molecular formula is C28H37N7O4. The molecule has 0 saturated carbocycles. The number of nitrogens with zero attached hydrogens (tertiary/aromatic N) is 3. The second-order valence-electron chi connectivity index (χ2n) is 9.61. The van der Waals surface area contributed by atoms with Crippen LogP contribution in [0.3, 0.4) is 0 Å². The first-order valence-corrected chi connectivity index (χ1v) is 13.1. The van der Waals surface area contributed by atoms with Gasteiger partial charge in [-0.05, 0) is 37.1 Å². The lowest BCUT2D eigenvalue weighted by molar-refractivity contribution is -0.116. The highest BCUT2D eigenvalue weighted by Crippen LogP contribution is 2.36. The van der Waals surface area contributed by atoms with E-state index in [1.54, 1.807) is 18.3 Å². The third kappa shape index (κ3) is 7.71. The standard InChI is InChI=1S/C28H37N7O4/c1-4-38-25-14-22(39-21-9-11-37-12-10-21)13-24-27(25)28(32-17-31-24)34-20-7-5-19(6-8-20)33-26(36)16-35(30)15-23(29)18(2)3/h5-8,13-15,17-18,21H,4,9-12,16,29-30H2,1-3H3,(H,33,36)(H,31,32,34)/b23-15-. The molecule has 0 bridgehead atoms. The highest BCUT2D eigenvalue weighted by atomic mass is 16.5. The van der Waals surface area contributed by atoms with E-state index < -0.39 is 0 Å². The highest BCUT2D eigenvalue weighted by Gasteiger charge is 2.18. The van der Waals surface area contributed by atoms with E-state index in [-0.39, 0.29) is 24.5 Å². The van der Waals surface area contributed by atoms with Gasteiger partial charge >= 0.3 is 0 Å². The summed E-state index contributed by atoms with van der Waals surface area (Å²) in [6, 6.07) is 11.1. The quantitative estimate of drug-likeness (QED) is 0.210. The van der Waals surface area contributed by atoms with Gasteiger partial charge < -0.3 is 35.6 Å². The first-order valence-electron chi connectivity index (χ1n) is 13.1. The van der Waals surface area contributed by atoms with Gasteiger partial charge in [0.2, 0.25) is 5.91 Å². The molecule has 0 radical (unpaired) electrons. The van der Waals surface area contributed by atoms with E-state index in [4.69, 9.17) is 25.8 Å². The number of nitrogens with two attached hydrogens (primary N) is 2. The zero-order chi connectivity index (χ0) is 27.8. The molecule has 11 nitrogen and oxygen atoms in total. The molecule has 3 aromatic rings. The van der Waals surface area contributed by atoms with Crippen LogP contribution in [0.25, 0.3) is 10.9 Å². The number of allylic oxidation sites excluding steroid dienone is 1. The Labute approximate surface area is 228 Å². The molecule has 0 unspecified atom stereocenters. The summed E-state index contributed by atoms with van der Waals surface area (Å²) < 4.78 is 17.6. The van der Waals surface area contributed by atoms with Crippen LogP contribution in [0.2, 0.25) is 0 Å². The number of anilines is 3. The molecule has 1 saturated heterocycles. The van der Waals surface area contributed by atoms with Gasteiger partial charge in [0.25, 0.3) is 0 Å². The second-order valence-corrected chi connectivity index (χ2v) is 9.61. The van der Waals surface area contributed by atoms with Crippen molar-refractivity contribution >= 4 is 34.0 Å². The molecule has 2 aromatic carbocycles. The summed E-state index contributed by atoms with van der Waals surface area (Å²) in [7, 11) is 0. The number of aromatic nitrogens is 2. The van der Waals surface area contributed by atoms with Gasteiger partial charge in [0, 0.05) is 48.2 Å². The largest absolute Gasteiger partial charge is 0.493 e. The Hall–Kier alpha value is -4.09. The molecule has 208 valence electrons. The Kier molecular flexibility index (Phi) is 9.40. The summed E-state index contributed by atoms with van der Waals surface area (Å²) >= 11 is 0. The Balaban J connectivity index is 1.46. The average molecular weight is 536 g/mol. The molecule has 6 N–H and O–H groups in total. The van der Waals surface area contributed by atoms with Crippen LogP contribution < -0.4 is 31.7 Å². The molecule has 4 rings (SSSR count). The number of carbonyl (C=O) groups excluding carboxylic acids is 1. The summed E-state index contributed by atoms with van der Waals surface area (Å²) in [5, 5.41) is 8.21. The van der Waals surface area contributed by atoms with E-state index in [2.05, 4.69) is 20.6 Å². The fourth-order valence-electron chi connectivity index (χ4n) is 4.07. The van der Waals surface area contributed by atoms with E-state index in [1.807, 2.05) is 45.0 Å². The van der Waals surface area contributed by atoms with Crippen LogP contribution in [0, 0.1) is 5.92 Å². The first kappa shape index (κ1) is 27.9. The summed E-state index contributed by atoms with van der Waals surface area (Å²) in [6.45, 7) is 7.70. The number of hydrogen-bond donors (Lipinski definition) is 4. The molecule has 2 heterocycles. The summed E-state index contributed by atoms with van der Waals surface area (Å²) in [6.07, 6.45) is 4.88. The van der Waals surface area contributed by atoms with E-state index >= 15 is 0 Å². The van der Waals surface area contributed by atoms with Gasteiger partial charge in [-0.3, -0.25) is 4.79 Å². The number of nitrogens with one attached hydrogen (secondary N) is 2. The molecule has 0 spiro atoms. The van der Waals surface area contributed by atoms with Gasteiger partial charge in [0.05, 0.1) is 30.7 Å². The third-order valence-corrected chi connectivity index (χ3v) is 6.19. The maximum Gasteiger partial charge on any atom is 0.245 e. The zero-order valence-corrected chi connectivity index (χ0v) is 22.6. The number of ether oxygens (including phenoxy) is 3. The van der Waals surface area contributed by atoms with Gasteiger partial charge in [0.15, 0.2) is 0 Å². The van der Waals surface area contributed by atoms with Crippen molar-refractivity contribution in [3.8, 4) is 11.5 Å². The average Bonchev–Trinajstić information content (AvgIpc) is 2.90. The summed E-state index contributed by atoms with van der Waals surface area (Å²) in [4.78, 5) is 21.3. The van der Waals surface area contributed by atoms with Crippen LogP contribution in [0.4, 0.5) is 17.2 Å². The molecule has 1 fully saturated rings. The van der Waals surface area contributed by atoms with Gasteiger partial charge in [-0.25, -0.2) is 15.8 Å². The predicted octanol–water partition coefficient (Wildman–Crippen LogP) is 3.90. The number of rotatable bonds is 11. The molecule has 1 aliphatic heterocycles. The van der Waals surface area contributed by atoms with Crippen molar-refractivity contribution in [2.75, 3.05) is 37.0 Å². The van der Waals surface area contributed by atoms with Gasteiger partial charge in [-0.1, -0.05) is 13.8 Å². The Morgan fingerprint density at radius 2 is 1.90 bits per heavy atom. The molecule has 39 heavy (non-hydrogen) atoms. The number of benzene rings is 2. The smallest absolute Gasteiger partial charge is 0.245 e. The van der Waals surface area contributed by atoms with Crippen molar-refractivity contribution in [3.05, 3.63) is 54.6 Å². The molecule has 0 aliphatic carbocycles. The Morgan fingerprint density at radius 1 is 1.18 bits per heavy atom. The fraction of sp³-hybridized carbons (Fsp3) is 0.393. The van der Waals surface area contributed by atoms with Crippen molar-refractivity contribution in [1.29, 1.82) is 0 Å². The maximum absolute atomic E-state index is 12.4. The topological polar surface area (TPSA) is 150 Å². The van der Waals surface area contributed by atoms with Crippen molar-refractivity contribution in [1.82, 2.24) is 15.0 Å². The first-order chi connectivity index (χ1) is 18.8. The normalized spacial score (nSPS) is 14.3. The highest BCUT2D eigenvalue weighted by molar-refractivity contribution is 5.97. The van der Waals surface area contributed by atoms with Crippen molar-refractivity contribution in [2.45, 2.75) is 39.7 Å². The minimum Gasteiger partial charge on any atom is -0.493 e. The van der Waals surface area contributed by atoms with Crippen LogP contribution in [0.1, 0.15) is 33.6 Å².